The van der Waals surface area contributed by atoms with Crippen molar-refractivity contribution in [1.29, 1.82) is 0 Å². The normalized spacial score (nSPS) is 12.2. The van der Waals surface area contributed by atoms with Gasteiger partial charge < -0.3 is 10.1 Å². The highest BCUT2D eigenvalue weighted by Gasteiger charge is 2.16. The zero-order valence-corrected chi connectivity index (χ0v) is 12.3. The SMILES string of the molecule is CNC(C)c1c(F)cccc1Oc1ccc(C)cc1C. The quantitative estimate of drug-likeness (QED) is 0.884. The molecule has 0 saturated carbocycles. The van der Waals surface area contributed by atoms with Crippen LogP contribution in [0.2, 0.25) is 0 Å². The average Bonchev–Trinajstić information content (AvgIpc) is 2.41. The average molecular weight is 273 g/mol. The Morgan fingerprint density at radius 1 is 1.10 bits per heavy atom. The van der Waals surface area contributed by atoms with Gasteiger partial charge in [0.2, 0.25) is 0 Å². The van der Waals surface area contributed by atoms with Crippen LogP contribution in [-0.4, -0.2) is 7.05 Å². The lowest BCUT2D eigenvalue weighted by atomic mass is 10.1. The Morgan fingerprint density at radius 2 is 1.85 bits per heavy atom. The van der Waals surface area contributed by atoms with Gasteiger partial charge in [0.25, 0.3) is 0 Å². The molecule has 0 aromatic heterocycles. The van der Waals surface area contributed by atoms with E-state index in [-0.39, 0.29) is 11.9 Å². The first kappa shape index (κ1) is 14.5. The minimum Gasteiger partial charge on any atom is -0.457 e. The lowest BCUT2D eigenvalue weighted by molar-refractivity contribution is 0.450. The fraction of sp³-hybridized carbons (Fsp3) is 0.294. The minimum atomic E-state index is -0.255. The molecular formula is C17H20FNO. The highest BCUT2D eigenvalue weighted by atomic mass is 19.1. The maximum Gasteiger partial charge on any atom is 0.135 e. The van der Waals surface area contributed by atoms with Gasteiger partial charge in [-0.3, -0.25) is 0 Å². The molecule has 0 spiro atoms. The molecular weight excluding hydrogens is 253 g/mol. The van der Waals surface area contributed by atoms with E-state index < -0.39 is 0 Å². The van der Waals surface area contributed by atoms with E-state index in [1.807, 2.05) is 32.9 Å². The van der Waals surface area contributed by atoms with Gasteiger partial charge in [-0.25, -0.2) is 4.39 Å². The van der Waals surface area contributed by atoms with E-state index in [2.05, 4.69) is 11.4 Å². The van der Waals surface area contributed by atoms with Crippen molar-refractivity contribution in [3.05, 3.63) is 58.9 Å². The van der Waals surface area contributed by atoms with Crippen LogP contribution in [0.25, 0.3) is 0 Å². The van der Waals surface area contributed by atoms with E-state index in [1.54, 1.807) is 19.2 Å². The molecule has 3 heteroatoms. The van der Waals surface area contributed by atoms with Gasteiger partial charge in [0.1, 0.15) is 17.3 Å². The van der Waals surface area contributed by atoms with E-state index in [9.17, 15) is 4.39 Å². The molecule has 2 rings (SSSR count). The molecule has 106 valence electrons. The third-order valence-corrected chi connectivity index (χ3v) is 3.43. The van der Waals surface area contributed by atoms with Crippen molar-refractivity contribution in [3.8, 4) is 11.5 Å². The van der Waals surface area contributed by atoms with Crippen molar-refractivity contribution in [1.82, 2.24) is 5.32 Å². The van der Waals surface area contributed by atoms with E-state index in [4.69, 9.17) is 4.74 Å². The van der Waals surface area contributed by atoms with Crippen LogP contribution in [0, 0.1) is 19.7 Å². The van der Waals surface area contributed by atoms with Gasteiger partial charge in [-0.2, -0.15) is 0 Å². The molecule has 0 aliphatic heterocycles. The maximum atomic E-state index is 14.0. The summed E-state index contributed by atoms with van der Waals surface area (Å²) in [6, 6.07) is 10.8. The number of aryl methyl sites for hydroxylation is 2. The molecule has 1 atom stereocenters. The summed E-state index contributed by atoms with van der Waals surface area (Å²) in [5, 5.41) is 3.05. The van der Waals surface area contributed by atoms with Crippen LogP contribution in [0.3, 0.4) is 0 Å². The van der Waals surface area contributed by atoms with Crippen molar-refractivity contribution in [2.45, 2.75) is 26.8 Å². The Labute approximate surface area is 119 Å². The van der Waals surface area contributed by atoms with E-state index >= 15 is 0 Å². The summed E-state index contributed by atoms with van der Waals surface area (Å²) in [4.78, 5) is 0. The molecule has 20 heavy (non-hydrogen) atoms. The minimum absolute atomic E-state index is 0.114. The second-order valence-corrected chi connectivity index (χ2v) is 5.03. The molecule has 0 amide bonds. The van der Waals surface area contributed by atoms with E-state index in [0.29, 0.717) is 11.3 Å². The lowest BCUT2D eigenvalue weighted by Gasteiger charge is -2.18. The molecule has 0 heterocycles. The number of hydrogen-bond donors (Lipinski definition) is 1. The summed E-state index contributed by atoms with van der Waals surface area (Å²) in [5.41, 5.74) is 2.77. The van der Waals surface area contributed by atoms with Crippen molar-refractivity contribution < 1.29 is 9.13 Å². The van der Waals surface area contributed by atoms with Gasteiger partial charge in [0.05, 0.1) is 0 Å². The molecule has 2 aromatic carbocycles. The first-order valence-electron chi connectivity index (χ1n) is 6.73. The number of ether oxygens (including phenoxy) is 1. The van der Waals surface area contributed by atoms with Crippen molar-refractivity contribution in [2.75, 3.05) is 7.05 Å². The number of halogens is 1. The Bertz CT molecular complexity index is 610. The Balaban J connectivity index is 2.40. The Morgan fingerprint density at radius 3 is 2.50 bits per heavy atom. The molecule has 2 aromatic rings. The summed E-state index contributed by atoms with van der Waals surface area (Å²) < 4.78 is 20.0. The summed E-state index contributed by atoms with van der Waals surface area (Å²) in [7, 11) is 1.80. The summed E-state index contributed by atoms with van der Waals surface area (Å²) >= 11 is 0. The lowest BCUT2D eigenvalue weighted by Crippen LogP contribution is -2.15. The predicted molar refractivity (Wildman–Crippen MR) is 79.9 cm³/mol. The fourth-order valence-electron chi connectivity index (χ4n) is 2.20. The van der Waals surface area contributed by atoms with Crippen molar-refractivity contribution in [2.24, 2.45) is 0 Å². The van der Waals surface area contributed by atoms with Crippen LogP contribution in [0.5, 0.6) is 11.5 Å². The molecule has 0 aliphatic rings. The Hall–Kier alpha value is -1.87. The largest absolute Gasteiger partial charge is 0.457 e. The smallest absolute Gasteiger partial charge is 0.135 e. The summed E-state index contributed by atoms with van der Waals surface area (Å²) in [6.45, 7) is 5.93. The monoisotopic (exact) mass is 273 g/mol. The molecule has 0 fully saturated rings. The zero-order valence-electron chi connectivity index (χ0n) is 12.3. The highest BCUT2D eigenvalue weighted by molar-refractivity contribution is 5.43. The molecule has 0 bridgehead atoms. The van der Waals surface area contributed by atoms with Crippen LogP contribution in [0.15, 0.2) is 36.4 Å². The van der Waals surface area contributed by atoms with Crippen molar-refractivity contribution >= 4 is 0 Å². The van der Waals surface area contributed by atoms with Gasteiger partial charge in [0, 0.05) is 11.6 Å². The maximum absolute atomic E-state index is 14.0. The second kappa shape index (κ2) is 6.06. The first-order valence-corrected chi connectivity index (χ1v) is 6.73. The van der Waals surface area contributed by atoms with Crippen LogP contribution < -0.4 is 10.1 Å². The van der Waals surface area contributed by atoms with Crippen LogP contribution in [0.1, 0.15) is 29.7 Å². The van der Waals surface area contributed by atoms with Crippen LogP contribution in [-0.2, 0) is 0 Å². The summed E-state index contributed by atoms with van der Waals surface area (Å²) in [5.74, 6) is 1.05. The fourth-order valence-corrected chi connectivity index (χ4v) is 2.20. The van der Waals surface area contributed by atoms with Gasteiger partial charge in [-0.05, 0) is 51.6 Å². The number of hydrogen-bond acceptors (Lipinski definition) is 2. The molecule has 0 aliphatic carbocycles. The van der Waals surface area contributed by atoms with Gasteiger partial charge >= 0.3 is 0 Å². The van der Waals surface area contributed by atoms with E-state index in [0.717, 1.165) is 11.3 Å². The van der Waals surface area contributed by atoms with E-state index in [1.165, 1.54) is 11.6 Å². The standard InChI is InChI=1S/C17H20FNO/c1-11-8-9-15(12(2)10-11)20-16-7-5-6-14(18)17(16)13(3)19-4/h5-10,13,19H,1-4H3. The molecule has 0 saturated heterocycles. The van der Waals surface area contributed by atoms with Crippen LogP contribution in [0.4, 0.5) is 4.39 Å². The summed E-state index contributed by atoms with van der Waals surface area (Å²) in [6.07, 6.45) is 0. The molecule has 1 N–H and O–H groups in total. The first-order chi connectivity index (χ1) is 9.52. The predicted octanol–water partition coefficient (Wildman–Crippen LogP) is 4.52. The van der Waals surface area contributed by atoms with Gasteiger partial charge in [-0.15, -0.1) is 0 Å². The van der Waals surface area contributed by atoms with Gasteiger partial charge in [0.15, 0.2) is 0 Å². The topological polar surface area (TPSA) is 21.3 Å². The molecule has 0 radical (unpaired) electrons. The second-order valence-electron chi connectivity index (χ2n) is 5.03. The zero-order chi connectivity index (χ0) is 14.7. The number of rotatable bonds is 4. The number of benzene rings is 2. The number of nitrogens with one attached hydrogen (secondary N) is 1. The van der Waals surface area contributed by atoms with Gasteiger partial charge in [-0.1, -0.05) is 23.8 Å². The highest BCUT2D eigenvalue weighted by Crippen LogP contribution is 2.33. The molecule has 2 nitrogen and oxygen atoms in total. The Kier molecular flexibility index (Phi) is 4.40. The third-order valence-electron chi connectivity index (χ3n) is 3.43. The third kappa shape index (κ3) is 2.99. The molecule has 1 unspecified atom stereocenters. The van der Waals surface area contributed by atoms with Crippen molar-refractivity contribution in [3.63, 3.8) is 0 Å². The van der Waals surface area contributed by atoms with Crippen LogP contribution >= 0.6 is 0 Å².